The molecular formula is C21H27N3O6. The fraction of sp³-hybridized carbons (Fsp3) is 0.333. The highest BCUT2D eigenvalue weighted by molar-refractivity contribution is 5.83. The predicted molar refractivity (Wildman–Crippen MR) is 110 cm³/mol. The van der Waals surface area contributed by atoms with Gasteiger partial charge in [0, 0.05) is 19.5 Å². The predicted octanol–water partition coefficient (Wildman–Crippen LogP) is 0.634. The number of aromatic hydroxyl groups is 4. The fourth-order valence-corrected chi connectivity index (χ4v) is 2.76. The SMILES string of the molecule is NC(CCC(=O)NCCc1ccc(O)c(O)c1)C(=O)NCCc1ccc(O)c(O)c1. The second kappa shape index (κ2) is 10.9. The minimum atomic E-state index is -0.821. The van der Waals surface area contributed by atoms with Crippen LogP contribution in [0, 0.1) is 0 Å². The number of carbonyl (C=O) groups is 2. The normalized spacial score (nSPS) is 11.6. The standard InChI is InChI=1S/C21H27N3O6/c22-15(21(30)24-10-8-14-2-5-17(26)19(28)12-14)3-6-20(29)23-9-7-13-1-4-16(25)18(27)11-13/h1-2,4-5,11-12,15,25-28H,3,6-10,22H2,(H,23,29)(H,24,30). The molecule has 0 aliphatic heterocycles. The van der Waals surface area contributed by atoms with E-state index in [1.165, 1.54) is 24.3 Å². The van der Waals surface area contributed by atoms with Gasteiger partial charge in [-0.15, -0.1) is 0 Å². The molecule has 0 aliphatic rings. The highest BCUT2D eigenvalue weighted by Crippen LogP contribution is 2.25. The third-order valence-electron chi connectivity index (χ3n) is 4.55. The van der Waals surface area contributed by atoms with Crippen LogP contribution < -0.4 is 16.4 Å². The molecule has 2 aromatic rings. The number of nitrogens with two attached hydrogens (primary N) is 1. The topological polar surface area (TPSA) is 165 Å². The summed E-state index contributed by atoms with van der Waals surface area (Å²) in [6.07, 6.45) is 1.23. The molecule has 0 saturated carbocycles. The van der Waals surface area contributed by atoms with Gasteiger partial charge in [0.15, 0.2) is 23.0 Å². The van der Waals surface area contributed by atoms with Gasteiger partial charge >= 0.3 is 0 Å². The van der Waals surface area contributed by atoms with Crippen LogP contribution in [-0.2, 0) is 22.4 Å². The van der Waals surface area contributed by atoms with Crippen LogP contribution in [0.2, 0.25) is 0 Å². The van der Waals surface area contributed by atoms with Gasteiger partial charge in [0.1, 0.15) is 0 Å². The van der Waals surface area contributed by atoms with Crippen LogP contribution in [0.5, 0.6) is 23.0 Å². The van der Waals surface area contributed by atoms with Gasteiger partial charge in [0.25, 0.3) is 0 Å². The van der Waals surface area contributed by atoms with Crippen LogP contribution in [0.25, 0.3) is 0 Å². The van der Waals surface area contributed by atoms with Gasteiger partial charge < -0.3 is 36.8 Å². The molecule has 2 amide bonds. The third kappa shape index (κ3) is 7.17. The van der Waals surface area contributed by atoms with Gasteiger partial charge in [0.05, 0.1) is 6.04 Å². The molecule has 1 unspecified atom stereocenters. The van der Waals surface area contributed by atoms with Crippen LogP contribution in [0.3, 0.4) is 0 Å². The van der Waals surface area contributed by atoms with E-state index in [0.717, 1.165) is 11.1 Å². The Morgan fingerprint density at radius 2 is 1.30 bits per heavy atom. The summed E-state index contributed by atoms with van der Waals surface area (Å²) in [6, 6.07) is 8.09. The number of carbonyl (C=O) groups excluding carboxylic acids is 2. The van der Waals surface area contributed by atoms with E-state index in [-0.39, 0.29) is 47.7 Å². The molecule has 0 aliphatic carbocycles. The Kier molecular flexibility index (Phi) is 8.30. The summed E-state index contributed by atoms with van der Waals surface area (Å²) in [7, 11) is 0. The Balaban J connectivity index is 1.62. The molecule has 0 fully saturated rings. The Labute approximate surface area is 174 Å². The summed E-state index contributed by atoms with van der Waals surface area (Å²) in [4.78, 5) is 23.9. The van der Waals surface area contributed by atoms with E-state index in [1.54, 1.807) is 12.1 Å². The highest BCUT2D eigenvalue weighted by Gasteiger charge is 2.15. The lowest BCUT2D eigenvalue weighted by Gasteiger charge is -2.12. The van der Waals surface area contributed by atoms with Gasteiger partial charge in [0.2, 0.25) is 11.8 Å². The van der Waals surface area contributed by atoms with Crippen molar-refractivity contribution in [3.8, 4) is 23.0 Å². The fourth-order valence-electron chi connectivity index (χ4n) is 2.76. The number of nitrogens with one attached hydrogen (secondary N) is 2. The van der Waals surface area contributed by atoms with Crippen molar-refractivity contribution >= 4 is 11.8 Å². The first kappa shape index (κ1) is 22.8. The molecule has 0 spiro atoms. The molecule has 9 nitrogen and oxygen atoms in total. The van der Waals surface area contributed by atoms with Crippen molar-refractivity contribution < 1.29 is 30.0 Å². The summed E-state index contributed by atoms with van der Waals surface area (Å²) < 4.78 is 0. The first-order valence-electron chi connectivity index (χ1n) is 9.58. The van der Waals surface area contributed by atoms with Gasteiger partial charge in [-0.05, 0) is 54.7 Å². The maximum Gasteiger partial charge on any atom is 0.236 e. The van der Waals surface area contributed by atoms with E-state index in [4.69, 9.17) is 5.73 Å². The zero-order valence-corrected chi connectivity index (χ0v) is 16.5. The van der Waals surface area contributed by atoms with Gasteiger partial charge in [-0.2, -0.15) is 0 Å². The molecular weight excluding hydrogens is 390 g/mol. The van der Waals surface area contributed by atoms with Crippen LogP contribution >= 0.6 is 0 Å². The lowest BCUT2D eigenvalue weighted by atomic mass is 10.1. The van der Waals surface area contributed by atoms with Gasteiger partial charge in [-0.25, -0.2) is 0 Å². The molecule has 9 heteroatoms. The summed E-state index contributed by atoms with van der Waals surface area (Å²) in [5.41, 5.74) is 7.34. The number of phenols is 4. The van der Waals surface area contributed by atoms with Crippen molar-refractivity contribution in [2.24, 2.45) is 5.73 Å². The molecule has 2 rings (SSSR count). The van der Waals surface area contributed by atoms with Crippen LogP contribution in [0.15, 0.2) is 36.4 Å². The second-order valence-electron chi connectivity index (χ2n) is 6.93. The van der Waals surface area contributed by atoms with Crippen molar-refractivity contribution in [1.82, 2.24) is 10.6 Å². The number of hydrogen-bond acceptors (Lipinski definition) is 7. The van der Waals surface area contributed by atoms with Crippen molar-refractivity contribution in [1.29, 1.82) is 0 Å². The number of amides is 2. The summed E-state index contributed by atoms with van der Waals surface area (Å²) in [6.45, 7) is 0.659. The van der Waals surface area contributed by atoms with Crippen molar-refractivity contribution in [2.75, 3.05) is 13.1 Å². The highest BCUT2D eigenvalue weighted by atomic mass is 16.3. The molecule has 0 aromatic heterocycles. The minimum absolute atomic E-state index is 0.0985. The van der Waals surface area contributed by atoms with E-state index in [9.17, 15) is 30.0 Å². The maximum absolute atomic E-state index is 12.0. The summed E-state index contributed by atoms with van der Waals surface area (Å²) in [5.74, 6) is -1.44. The zero-order valence-electron chi connectivity index (χ0n) is 16.5. The monoisotopic (exact) mass is 417 g/mol. The number of hydrogen-bond donors (Lipinski definition) is 7. The Morgan fingerprint density at radius 1 is 0.800 bits per heavy atom. The molecule has 8 N–H and O–H groups in total. The van der Waals surface area contributed by atoms with Gasteiger partial charge in [-0.1, -0.05) is 12.1 Å². The Morgan fingerprint density at radius 3 is 1.80 bits per heavy atom. The molecule has 1 atom stereocenters. The molecule has 0 saturated heterocycles. The largest absolute Gasteiger partial charge is 0.504 e. The third-order valence-corrected chi connectivity index (χ3v) is 4.55. The van der Waals surface area contributed by atoms with Crippen molar-refractivity contribution in [3.63, 3.8) is 0 Å². The van der Waals surface area contributed by atoms with E-state index in [0.29, 0.717) is 25.9 Å². The van der Waals surface area contributed by atoms with Crippen molar-refractivity contribution in [3.05, 3.63) is 47.5 Å². The summed E-state index contributed by atoms with van der Waals surface area (Å²) in [5, 5.41) is 42.8. The van der Waals surface area contributed by atoms with E-state index in [2.05, 4.69) is 10.6 Å². The second-order valence-corrected chi connectivity index (χ2v) is 6.93. The number of benzene rings is 2. The van der Waals surface area contributed by atoms with Crippen LogP contribution in [-0.4, -0.2) is 51.4 Å². The zero-order chi connectivity index (χ0) is 22.1. The number of phenolic OH excluding ortho intramolecular Hbond substituents is 4. The molecule has 0 bridgehead atoms. The first-order chi connectivity index (χ1) is 14.3. The number of rotatable bonds is 10. The smallest absolute Gasteiger partial charge is 0.236 e. The lowest BCUT2D eigenvalue weighted by Crippen LogP contribution is -2.42. The van der Waals surface area contributed by atoms with Crippen molar-refractivity contribution in [2.45, 2.75) is 31.7 Å². The molecule has 0 radical (unpaired) electrons. The molecule has 30 heavy (non-hydrogen) atoms. The molecule has 0 heterocycles. The average molecular weight is 417 g/mol. The Hall–Kier alpha value is -3.46. The van der Waals surface area contributed by atoms with E-state index in [1.807, 2.05) is 0 Å². The first-order valence-corrected chi connectivity index (χ1v) is 9.58. The minimum Gasteiger partial charge on any atom is -0.504 e. The molecule has 2 aromatic carbocycles. The average Bonchev–Trinajstić information content (AvgIpc) is 2.71. The maximum atomic E-state index is 12.0. The lowest BCUT2D eigenvalue weighted by molar-refractivity contribution is -0.123. The Bertz CT molecular complexity index is 887. The summed E-state index contributed by atoms with van der Waals surface area (Å²) >= 11 is 0. The van der Waals surface area contributed by atoms with Gasteiger partial charge in [-0.3, -0.25) is 9.59 Å². The quantitative estimate of drug-likeness (QED) is 0.279. The van der Waals surface area contributed by atoms with E-state index < -0.39 is 6.04 Å². The van der Waals surface area contributed by atoms with Crippen LogP contribution in [0.4, 0.5) is 0 Å². The molecule has 162 valence electrons. The van der Waals surface area contributed by atoms with E-state index >= 15 is 0 Å². The van der Waals surface area contributed by atoms with Crippen LogP contribution in [0.1, 0.15) is 24.0 Å².